The van der Waals surface area contributed by atoms with Gasteiger partial charge in [0.25, 0.3) is 11.1 Å². The lowest BCUT2D eigenvalue weighted by Crippen LogP contribution is -2.39. The Labute approximate surface area is 184 Å². The van der Waals surface area contributed by atoms with E-state index in [9.17, 15) is 14.4 Å². The average Bonchev–Trinajstić information content (AvgIpc) is 3.04. The number of nitrogens with one attached hydrogen (secondary N) is 1. The van der Waals surface area contributed by atoms with Crippen LogP contribution < -0.4 is 10.1 Å². The standard InChI is InChI=1S/C23H21N3O4S/c1-2-11-25-21(27)14-26-22(28)20(31-23(26)29)12-16-7-9-19(10-8-16)30-15-18-6-4-3-5-17(18)13-24/h3-10,12H,2,11,14-15H2,1H3,(H,25,27)/b20-12-. The van der Waals surface area contributed by atoms with Crippen LogP contribution in [0.25, 0.3) is 6.08 Å². The van der Waals surface area contributed by atoms with Crippen molar-refractivity contribution in [3.8, 4) is 11.8 Å². The van der Waals surface area contributed by atoms with Crippen LogP contribution >= 0.6 is 11.8 Å². The molecule has 0 spiro atoms. The van der Waals surface area contributed by atoms with E-state index in [4.69, 9.17) is 10.00 Å². The molecule has 0 bridgehead atoms. The van der Waals surface area contributed by atoms with Gasteiger partial charge in [0.15, 0.2) is 0 Å². The summed E-state index contributed by atoms with van der Waals surface area (Å²) < 4.78 is 5.74. The number of nitrogens with zero attached hydrogens (tertiary/aromatic N) is 2. The van der Waals surface area contributed by atoms with Crippen molar-refractivity contribution in [2.24, 2.45) is 0 Å². The van der Waals surface area contributed by atoms with Gasteiger partial charge in [-0.15, -0.1) is 0 Å². The number of carbonyl (C=O) groups excluding carboxylic acids is 3. The molecule has 1 heterocycles. The zero-order valence-corrected chi connectivity index (χ0v) is 17.8. The Bertz CT molecular complexity index is 1060. The highest BCUT2D eigenvalue weighted by atomic mass is 32.2. The molecule has 1 saturated heterocycles. The number of imide groups is 1. The van der Waals surface area contributed by atoms with Crippen LogP contribution in [0.15, 0.2) is 53.4 Å². The van der Waals surface area contributed by atoms with Crippen LogP contribution in [0.1, 0.15) is 30.0 Å². The summed E-state index contributed by atoms with van der Waals surface area (Å²) in [5, 5.41) is 11.3. The summed E-state index contributed by atoms with van der Waals surface area (Å²) in [6.45, 7) is 2.41. The van der Waals surface area contributed by atoms with Crippen molar-refractivity contribution in [2.45, 2.75) is 20.0 Å². The third-order valence-electron chi connectivity index (χ3n) is 4.46. The Balaban J connectivity index is 1.62. The molecule has 3 rings (SSSR count). The summed E-state index contributed by atoms with van der Waals surface area (Å²) in [5.74, 6) is -0.217. The number of nitriles is 1. The average molecular weight is 436 g/mol. The van der Waals surface area contributed by atoms with Crippen LogP contribution in [0.2, 0.25) is 0 Å². The molecule has 0 radical (unpaired) electrons. The molecule has 2 aromatic rings. The monoisotopic (exact) mass is 435 g/mol. The Morgan fingerprint density at radius 3 is 2.65 bits per heavy atom. The smallest absolute Gasteiger partial charge is 0.294 e. The topological polar surface area (TPSA) is 99.5 Å². The van der Waals surface area contributed by atoms with Crippen molar-refractivity contribution < 1.29 is 19.1 Å². The van der Waals surface area contributed by atoms with Crippen molar-refractivity contribution in [1.82, 2.24) is 10.2 Å². The predicted molar refractivity (Wildman–Crippen MR) is 118 cm³/mol. The van der Waals surface area contributed by atoms with Gasteiger partial charge in [-0.1, -0.05) is 37.3 Å². The molecule has 3 amide bonds. The fourth-order valence-electron chi connectivity index (χ4n) is 2.83. The number of hydrogen-bond acceptors (Lipinski definition) is 6. The first-order valence-corrected chi connectivity index (χ1v) is 10.6. The van der Waals surface area contributed by atoms with Gasteiger partial charge in [0.05, 0.1) is 16.5 Å². The van der Waals surface area contributed by atoms with Crippen molar-refractivity contribution in [3.63, 3.8) is 0 Å². The molecule has 1 aliphatic rings. The molecule has 158 valence electrons. The molecule has 0 atom stereocenters. The number of thioether (sulfide) groups is 1. The predicted octanol–water partition coefficient (Wildman–Crippen LogP) is 3.70. The van der Waals surface area contributed by atoms with Gasteiger partial charge in [-0.2, -0.15) is 5.26 Å². The third kappa shape index (κ3) is 5.74. The van der Waals surface area contributed by atoms with E-state index in [0.29, 0.717) is 17.9 Å². The number of rotatable bonds is 8. The largest absolute Gasteiger partial charge is 0.489 e. The van der Waals surface area contributed by atoms with Crippen molar-refractivity contribution in [2.75, 3.05) is 13.1 Å². The van der Waals surface area contributed by atoms with Gasteiger partial charge < -0.3 is 10.1 Å². The SMILES string of the molecule is CCCNC(=O)CN1C(=O)S/C(=C\c2ccc(OCc3ccccc3C#N)cc2)C1=O. The lowest BCUT2D eigenvalue weighted by Gasteiger charge is -2.11. The van der Waals surface area contributed by atoms with E-state index >= 15 is 0 Å². The number of hydrogen-bond donors (Lipinski definition) is 1. The highest BCUT2D eigenvalue weighted by molar-refractivity contribution is 8.18. The van der Waals surface area contributed by atoms with Gasteiger partial charge in [0, 0.05) is 12.1 Å². The first-order valence-electron chi connectivity index (χ1n) is 9.74. The highest BCUT2D eigenvalue weighted by Crippen LogP contribution is 2.32. The van der Waals surface area contributed by atoms with E-state index in [1.165, 1.54) is 0 Å². The summed E-state index contributed by atoms with van der Waals surface area (Å²) in [6.07, 6.45) is 2.39. The second-order valence-corrected chi connectivity index (χ2v) is 7.74. The molecular weight excluding hydrogens is 414 g/mol. The normalized spacial score (nSPS) is 14.6. The molecule has 0 aliphatic carbocycles. The van der Waals surface area contributed by atoms with Gasteiger partial charge >= 0.3 is 0 Å². The van der Waals surface area contributed by atoms with Crippen LogP contribution in [-0.2, 0) is 16.2 Å². The fourth-order valence-corrected chi connectivity index (χ4v) is 3.67. The quantitative estimate of drug-likeness (QED) is 0.635. The molecule has 1 aliphatic heterocycles. The fraction of sp³-hybridized carbons (Fsp3) is 0.217. The van der Waals surface area contributed by atoms with Crippen LogP contribution in [0.5, 0.6) is 5.75 Å². The summed E-state index contributed by atoms with van der Waals surface area (Å²) in [6, 6.07) is 16.4. The Hall–Kier alpha value is -3.57. The molecule has 2 aromatic carbocycles. The van der Waals surface area contributed by atoms with Gasteiger partial charge in [0.2, 0.25) is 5.91 Å². The number of carbonyl (C=O) groups is 3. The van der Waals surface area contributed by atoms with E-state index < -0.39 is 11.1 Å². The Kier molecular flexibility index (Phi) is 7.46. The van der Waals surface area contributed by atoms with Crippen LogP contribution in [0, 0.1) is 11.3 Å². The Morgan fingerprint density at radius 1 is 1.19 bits per heavy atom. The van der Waals surface area contributed by atoms with Crippen LogP contribution in [0.3, 0.4) is 0 Å². The number of ether oxygens (including phenoxy) is 1. The lowest BCUT2D eigenvalue weighted by atomic mass is 10.1. The summed E-state index contributed by atoms with van der Waals surface area (Å²) in [7, 11) is 0. The molecule has 31 heavy (non-hydrogen) atoms. The summed E-state index contributed by atoms with van der Waals surface area (Å²) in [4.78, 5) is 37.7. The third-order valence-corrected chi connectivity index (χ3v) is 5.36. The maximum absolute atomic E-state index is 12.5. The molecule has 1 fully saturated rings. The zero-order chi connectivity index (χ0) is 22.2. The zero-order valence-electron chi connectivity index (χ0n) is 17.0. The molecule has 7 nitrogen and oxygen atoms in total. The second-order valence-electron chi connectivity index (χ2n) is 6.74. The Morgan fingerprint density at radius 2 is 1.94 bits per heavy atom. The van der Waals surface area contributed by atoms with E-state index in [1.807, 2.05) is 19.1 Å². The van der Waals surface area contributed by atoms with E-state index in [0.717, 1.165) is 34.2 Å². The molecule has 0 unspecified atom stereocenters. The first kappa shape index (κ1) is 22.1. The van der Waals surface area contributed by atoms with Crippen LogP contribution in [-0.4, -0.2) is 35.0 Å². The van der Waals surface area contributed by atoms with E-state index in [2.05, 4.69) is 11.4 Å². The minimum absolute atomic E-state index is 0.266. The lowest BCUT2D eigenvalue weighted by molar-refractivity contribution is -0.129. The van der Waals surface area contributed by atoms with Gasteiger partial charge in [-0.3, -0.25) is 19.3 Å². The van der Waals surface area contributed by atoms with Gasteiger partial charge in [-0.25, -0.2) is 0 Å². The van der Waals surface area contributed by atoms with Crippen LogP contribution in [0.4, 0.5) is 4.79 Å². The maximum Gasteiger partial charge on any atom is 0.294 e. The summed E-state index contributed by atoms with van der Waals surface area (Å²) >= 11 is 0.815. The molecule has 0 saturated carbocycles. The molecule has 8 heteroatoms. The molecule has 1 N–H and O–H groups in total. The molecular formula is C23H21N3O4S. The van der Waals surface area contributed by atoms with E-state index in [1.54, 1.807) is 42.5 Å². The molecule has 0 aromatic heterocycles. The second kappa shape index (κ2) is 10.5. The highest BCUT2D eigenvalue weighted by Gasteiger charge is 2.36. The van der Waals surface area contributed by atoms with Crippen molar-refractivity contribution in [3.05, 3.63) is 70.1 Å². The first-order chi connectivity index (χ1) is 15.0. The maximum atomic E-state index is 12.5. The summed E-state index contributed by atoms with van der Waals surface area (Å²) in [5.41, 5.74) is 2.09. The number of benzene rings is 2. The van der Waals surface area contributed by atoms with Crippen molar-refractivity contribution in [1.29, 1.82) is 5.26 Å². The number of amides is 3. The van der Waals surface area contributed by atoms with Crippen molar-refractivity contribution >= 4 is 34.9 Å². The minimum atomic E-state index is -0.477. The van der Waals surface area contributed by atoms with Gasteiger partial charge in [0.1, 0.15) is 18.9 Å². The minimum Gasteiger partial charge on any atom is -0.489 e. The van der Waals surface area contributed by atoms with E-state index in [-0.39, 0.29) is 24.0 Å². The van der Waals surface area contributed by atoms with Gasteiger partial charge in [-0.05, 0) is 48.0 Å².